The number of halogens is 2. The van der Waals surface area contributed by atoms with Crippen molar-refractivity contribution in [1.29, 1.82) is 5.41 Å². The smallest absolute Gasteiger partial charge is 0.257 e. The lowest BCUT2D eigenvalue weighted by molar-refractivity contribution is 0.102. The number of anilines is 2. The number of nitrogens with one attached hydrogen (secondary N) is 3. The normalized spacial score (nSPS) is 13.3. The minimum absolute atomic E-state index is 0.0801. The summed E-state index contributed by atoms with van der Waals surface area (Å²) in [4.78, 5) is 27.8. The predicted octanol–water partition coefficient (Wildman–Crippen LogP) is 6.08. The number of hydrogen-bond acceptors (Lipinski definition) is 3. The van der Waals surface area contributed by atoms with E-state index < -0.39 is 11.7 Å². The molecule has 0 bridgehead atoms. The van der Waals surface area contributed by atoms with Crippen molar-refractivity contribution in [3.05, 3.63) is 94.8 Å². The lowest BCUT2D eigenvalue weighted by atomic mass is 10.1. The summed E-state index contributed by atoms with van der Waals surface area (Å²) >= 11 is 2.14. The van der Waals surface area contributed by atoms with Crippen LogP contribution in [0, 0.1) is 11.2 Å². The molecular formula is C27H26FIN4O2. The molecule has 3 N–H and O–H groups in total. The molecule has 0 radical (unpaired) electrons. The van der Waals surface area contributed by atoms with Gasteiger partial charge in [0.15, 0.2) is 0 Å². The van der Waals surface area contributed by atoms with Crippen molar-refractivity contribution in [1.82, 2.24) is 4.90 Å². The third-order valence-corrected chi connectivity index (χ3v) is 6.83. The Morgan fingerprint density at radius 1 is 0.857 bits per heavy atom. The first kappa shape index (κ1) is 24.8. The number of carbonyl (C=O) groups excluding carboxylic acids is 2. The molecule has 0 spiro atoms. The zero-order chi connectivity index (χ0) is 24.8. The molecule has 35 heavy (non-hydrogen) atoms. The first-order valence-corrected chi connectivity index (χ1v) is 13.0. The standard InChI is InChI=1S/C27H26FIN4O2/c28-22-16-18(17-29)8-13-24(22)32-27(35)21-6-2-3-7-23(21)31-26(34)20-11-9-19(10-12-20)25(30)33-14-4-1-5-15-33/h2-3,6-13,16,30H,1,4-5,14-15,17H2,(H,31,34)(H,32,35). The van der Waals surface area contributed by atoms with E-state index in [1.807, 2.05) is 0 Å². The van der Waals surface area contributed by atoms with Crippen molar-refractivity contribution in [2.24, 2.45) is 0 Å². The van der Waals surface area contributed by atoms with E-state index in [1.165, 1.54) is 18.6 Å². The third kappa shape index (κ3) is 6.05. The van der Waals surface area contributed by atoms with Gasteiger partial charge >= 0.3 is 0 Å². The molecule has 4 rings (SSSR count). The molecule has 1 fully saturated rings. The summed E-state index contributed by atoms with van der Waals surface area (Å²) in [5.74, 6) is -0.937. The fourth-order valence-electron chi connectivity index (χ4n) is 4.00. The van der Waals surface area contributed by atoms with Crippen LogP contribution in [0.4, 0.5) is 15.8 Å². The van der Waals surface area contributed by atoms with Crippen LogP contribution in [-0.4, -0.2) is 35.6 Å². The van der Waals surface area contributed by atoms with Crippen LogP contribution in [0.25, 0.3) is 0 Å². The van der Waals surface area contributed by atoms with E-state index in [9.17, 15) is 14.0 Å². The van der Waals surface area contributed by atoms with Crippen molar-refractivity contribution in [3.63, 3.8) is 0 Å². The van der Waals surface area contributed by atoms with Crippen LogP contribution in [-0.2, 0) is 4.43 Å². The molecule has 3 aromatic rings. The summed E-state index contributed by atoms with van der Waals surface area (Å²) in [6, 6.07) is 18.2. The van der Waals surface area contributed by atoms with Gasteiger partial charge in [-0.25, -0.2) is 4.39 Å². The number of rotatable bonds is 6. The first-order valence-electron chi connectivity index (χ1n) is 11.5. The quantitative estimate of drug-likeness (QED) is 0.142. The maximum absolute atomic E-state index is 14.3. The fourth-order valence-corrected chi connectivity index (χ4v) is 4.47. The van der Waals surface area contributed by atoms with E-state index in [1.54, 1.807) is 54.6 Å². The van der Waals surface area contributed by atoms with Gasteiger partial charge in [-0.3, -0.25) is 15.0 Å². The number of alkyl halides is 1. The highest BCUT2D eigenvalue weighted by Gasteiger charge is 2.18. The SMILES string of the molecule is N=C(c1ccc(C(=O)Nc2ccccc2C(=O)Nc2ccc(CI)cc2F)cc1)N1CCCCC1. The summed E-state index contributed by atoms with van der Waals surface area (Å²) in [6.07, 6.45) is 3.38. The van der Waals surface area contributed by atoms with E-state index in [4.69, 9.17) is 5.41 Å². The maximum atomic E-state index is 14.3. The van der Waals surface area contributed by atoms with Crippen LogP contribution in [0.5, 0.6) is 0 Å². The Hall–Kier alpha value is -3.27. The Balaban J connectivity index is 1.45. The van der Waals surface area contributed by atoms with Gasteiger partial charge in [0, 0.05) is 28.6 Å². The summed E-state index contributed by atoms with van der Waals surface area (Å²) in [6.45, 7) is 1.76. The van der Waals surface area contributed by atoms with Crippen LogP contribution in [0.1, 0.15) is 51.1 Å². The first-order chi connectivity index (χ1) is 17.0. The van der Waals surface area contributed by atoms with E-state index in [-0.39, 0.29) is 17.2 Å². The third-order valence-electron chi connectivity index (χ3n) is 5.95. The van der Waals surface area contributed by atoms with Gasteiger partial charge in [0.05, 0.1) is 16.9 Å². The molecule has 0 atom stereocenters. The fraction of sp³-hybridized carbons (Fsp3) is 0.222. The molecule has 0 unspecified atom stereocenters. The van der Waals surface area contributed by atoms with Gasteiger partial charge in [-0.15, -0.1) is 0 Å². The molecule has 3 aromatic carbocycles. The largest absolute Gasteiger partial charge is 0.357 e. The van der Waals surface area contributed by atoms with Crippen LogP contribution < -0.4 is 10.6 Å². The number of amidine groups is 1. The van der Waals surface area contributed by atoms with Crippen molar-refractivity contribution >= 4 is 51.6 Å². The van der Waals surface area contributed by atoms with Gasteiger partial charge in [-0.05, 0) is 61.2 Å². The Labute approximate surface area is 217 Å². The molecule has 6 nitrogen and oxygen atoms in total. The van der Waals surface area contributed by atoms with Crippen LogP contribution >= 0.6 is 22.6 Å². The predicted molar refractivity (Wildman–Crippen MR) is 145 cm³/mol. The summed E-state index contributed by atoms with van der Waals surface area (Å²) < 4.78 is 15.0. The highest BCUT2D eigenvalue weighted by molar-refractivity contribution is 14.1. The molecule has 1 saturated heterocycles. The van der Waals surface area contributed by atoms with Crippen LogP contribution in [0.15, 0.2) is 66.7 Å². The number of hydrogen-bond donors (Lipinski definition) is 3. The Morgan fingerprint density at radius 2 is 1.51 bits per heavy atom. The summed E-state index contributed by atoms with van der Waals surface area (Å²) in [5, 5.41) is 13.8. The second-order valence-electron chi connectivity index (χ2n) is 8.38. The van der Waals surface area contributed by atoms with Crippen molar-refractivity contribution in [3.8, 4) is 0 Å². The number of benzene rings is 3. The Morgan fingerprint density at radius 3 is 2.20 bits per heavy atom. The van der Waals surface area contributed by atoms with Gasteiger partial charge in [0.1, 0.15) is 11.7 Å². The number of likely N-dealkylation sites (tertiary alicyclic amines) is 1. The number of amides is 2. The zero-order valence-electron chi connectivity index (χ0n) is 19.1. The van der Waals surface area contributed by atoms with Crippen LogP contribution in [0.2, 0.25) is 0 Å². The van der Waals surface area contributed by atoms with E-state index in [0.29, 0.717) is 21.5 Å². The molecule has 0 aromatic heterocycles. The highest BCUT2D eigenvalue weighted by Crippen LogP contribution is 2.22. The van der Waals surface area contributed by atoms with Gasteiger partial charge in [-0.1, -0.05) is 52.9 Å². The van der Waals surface area contributed by atoms with Crippen LogP contribution in [0.3, 0.4) is 0 Å². The molecule has 0 aliphatic carbocycles. The molecule has 1 aliphatic heterocycles. The molecule has 1 heterocycles. The van der Waals surface area contributed by atoms with Crippen molar-refractivity contribution in [2.75, 3.05) is 23.7 Å². The Kier molecular flexibility index (Phi) is 8.12. The lowest BCUT2D eigenvalue weighted by Gasteiger charge is -2.29. The minimum atomic E-state index is -0.521. The molecule has 2 amide bonds. The number of nitrogens with zero attached hydrogens (tertiary/aromatic N) is 1. The zero-order valence-corrected chi connectivity index (χ0v) is 21.3. The monoisotopic (exact) mass is 584 g/mol. The van der Waals surface area contributed by atoms with E-state index >= 15 is 0 Å². The average molecular weight is 584 g/mol. The molecule has 0 saturated carbocycles. The molecule has 1 aliphatic rings. The average Bonchev–Trinajstić information content (AvgIpc) is 2.90. The van der Waals surface area contributed by atoms with Gasteiger partial charge in [0.2, 0.25) is 0 Å². The van der Waals surface area contributed by atoms with Gasteiger partial charge < -0.3 is 15.5 Å². The summed E-state index contributed by atoms with van der Waals surface area (Å²) in [5.41, 5.74) is 2.63. The summed E-state index contributed by atoms with van der Waals surface area (Å²) in [7, 11) is 0. The Bertz CT molecular complexity index is 1240. The molecule has 180 valence electrons. The highest BCUT2D eigenvalue weighted by atomic mass is 127. The van der Waals surface area contributed by atoms with E-state index in [0.717, 1.165) is 37.1 Å². The van der Waals surface area contributed by atoms with Crippen molar-refractivity contribution in [2.45, 2.75) is 23.7 Å². The second-order valence-corrected chi connectivity index (χ2v) is 9.14. The van der Waals surface area contributed by atoms with Gasteiger partial charge in [0.25, 0.3) is 11.8 Å². The number of para-hydroxylation sites is 1. The number of piperidine rings is 1. The topological polar surface area (TPSA) is 85.3 Å². The van der Waals surface area contributed by atoms with Crippen molar-refractivity contribution < 1.29 is 14.0 Å². The second kappa shape index (κ2) is 11.4. The maximum Gasteiger partial charge on any atom is 0.257 e. The minimum Gasteiger partial charge on any atom is -0.357 e. The lowest BCUT2D eigenvalue weighted by Crippen LogP contribution is -2.35. The van der Waals surface area contributed by atoms with E-state index in [2.05, 4.69) is 38.1 Å². The number of carbonyl (C=O) groups is 2. The van der Waals surface area contributed by atoms with Gasteiger partial charge in [-0.2, -0.15) is 0 Å². The molecule has 8 heteroatoms. The molecular weight excluding hydrogens is 558 g/mol.